The Kier molecular flexibility index (Phi) is 3.85. The van der Waals surface area contributed by atoms with Crippen molar-refractivity contribution in [1.29, 1.82) is 0 Å². The van der Waals surface area contributed by atoms with Crippen LogP contribution in [0.2, 0.25) is 0 Å². The van der Waals surface area contributed by atoms with E-state index in [2.05, 4.69) is 66.1 Å². The fourth-order valence-electron chi connectivity index (χ4n) is 3.24. The molecule has 0 bridgehead atoms. The standard InChI is InChI=1S/C18H25N3/c1-14-6-4-5-7-17(14)18(9-10-18)20-15(2)8-12-21-13-11-19-16(21)3/h4-7,11,13,15,20H,8-10,12H2,1-3H3/t15-/m1/s1. The van der Waals surface area contributed by atoms with Crippen LogP contribution in [-0.4, -0.2) is 15.6 Å². The quantitative estimate of drug-likeness (QED) is 0.878. The van der Waals surface area contributed by atoms with E-state index in [1.54, 1.807) is 0 Å². The van der Waals surface area contributed by atoms with Gasteiger partial charge in [-0.3, -0.25) is 0 Å². The zero-order valence-electron chi connectivity index (χ0n) is 13.3. The van der Waals surface area contributed by atoms with E-state index in [1.807, 2.05) is 6.20 Å². The number of hydrogen-bond donors (Lipinski definition) is 1. The zero-order chi connectivity index (χ0) is 14.9. The van der Waals surface area contributed by atoms with Gasteiger partial charge in [0.05, 0.1) is 0 Å². The Bertz CT molecular complexity index is 610. The Morgan fingerprint density at radius 3 is 2.67 bits per heavy atom. The van der Waals surface area contributed by atoms with Gasteiger partial charge in [-0.25, -0.2) is 4.98 Å². The number of nitrogens with one attached hydrogen (secondary N) is 1. The highest BCUT2D eigenvalue weighted by Crippen LogP contribution is 2.47. The van der Waals surface area contributed by atoms with Crippen molar-refractivity contribution in [2.75, 3.05) is 0 Å². The van der Waals surface area contributed by atoms with Crippen molar-refractivity contribution < 1.29 is 0 Å². The summed E-state index contributed by atoms with van der Waals surface area (Å²) in [5, 5.41) is 3.87. The van der Waals surface area contributed by atoms with Gasteiger partial charge in [-0.1, -0.05) is 24.3 Å². The highest BCUT2D eigenvalue weighted by atomic mass is 15.1. The second kappa shape index (κ2) is 5.64. The molecule has 0 amide bonds. The lowest BCUT2D eigenvalue weighted by Crippen LogP contribution is -2.37. The summed E-state index contributed by atoms with van der Waals surface area (Å²) in [6, 6.07) is 9.29. The van der Waals surface area contributed by atoms with Crippen LogP contribution in [0.15, 0.2) is 36.7 Å². The van der Waals surface area contributed by atoms with Crippen molar-refractivity contribution in [2.24, 2.45) is 0 Å². The van der Waals surface area contributed by atoms with E-state index in [1.165, 1.54) is 24.0 Å². The molecular weight excluding hydrogens is 258 g/mol. The zero-order valence-corrected chi connectivity index (χ0v) is 13.3. The summed E-state index contributed by atoms with van der Waals surface area (Å²) in [5.41, 5.74) is 3.12. The Morgan fingerprint density at radius 2 is 2.05 bits per heavy atom. The smallest absolute Gasteiger partial charge is 0.105 e. The van der Waals surface area contributed by atoms with E-state index in [9.17, 15) is 0 Å². The first-order chi connectivity index (χ1) is 10.1. The number of rotatable bonds is 6. The maximum Gasteiger partial charge on any atom is 0.105 e. The van der Waals surface area contributed by atoms with Gasteiger partial charge in [0.25, 0.3) is 0 Å². The van der Waals surface area contributed by atoms with Gasteiger partial charge in [0.1, 0.15) is 5.82 Å². The minimum atomic E-state index is 0.231. The van der Waals surface area contributed by atoms with Crippen molar-refractivity contribution in [3.63, 3.8) is 0 Å². The summed E-state index contributed by atoms with van der Waals surface area (Å²) >= 11 is 0. The number of aromatic nitrogens is 2. The summed E-state index contributed by atoms with van der Waals surface area (Å²) in [6.45, 7) is 7.61. The summed E-state index contributed by atoms with van der Waals surface area (Å²) in [7, 11) is 0. The van der Waals surface area contributed by atoms with Crippen LogP contribution in [-0.2, 0) is 12.1 Å². The topological polar surface area (TPSA) is 29.9 Å². The number of nitrogens with zero attached hydrogens (tertiary/aromatic N) is 2. The normalized spacial score (nSPS) is 17.7. The van der Waals surface area contributed by atoms with Crippen LogP contribution >= 0.6 is 0 Å². The second-order valence-corrected chi connectivity index (χ2v) is 6.40. The minimum Gasteiger partial charge on any atom is -0.335 e. The van der Waals surface area contributed by atoms with E-state index in [4.69, 9.17) is 0 Å². The van der Waals surface area contributed by atoms with Gasteiger partial charge >= 0.3 is 0 Å². The molecule has 2 aromatic rings. The monoisotopic (exact) mass is 283 g/mol. The van der Waals surface area contributed by atoms with Gasteiger partial charge < -0.3 is 9.88 Å². The fourth-order valence-corrected chi connectivity index (χ4v) is 3.24. The first-order valence-electron chi connectivity index (χ1n) is 7.92. The van der Waals surface area contributed by atoms with Crippen LogP contribution in [0.3, 0.4) is 0 Å². The lowest BCUT2D eigenvalue weighted by atomic mass is 9.98. The first-order valence-corrected chi connectivity index (χ1v) is 7.92. The summed E-state index contributed by atoms with van der Waals surface area (Å²) in [4.78, 5) is 4.28. The maximum absolute atomic E-state index is 4.28. The molecule has 0 radical (unpaired) electrons. The van der Waals surface area contributed by atoms with Crippen molar-refractivity contribution in [3.8, 4) is 0 Å². The van der Waals surface area contributed by atoms with Crippen LogP contribution in [0.25, 0.3) is 0 Å². The number of benzene rings is 1. The van der Waals surface area contributed by atoms with Crippen LogP contribution < -0.4 is 5.32 Å². The van der Waals surface area contributed by atoms with Crippen molar-refractivity contribution in [1.82, 2.24) is 14.9 Å². The molecule has 1 fully saturated rings. The molecule has 1 aromatic carbocycles. The van der Waals surface area contributed by atoms with E-state index in [0.29, 0.717) is 6.04 Å². The predicted molar refractivity (Wildman–Crippen MR) is 86.3 cm³/mol. The van der Waals surface area contributed by atoms with E-state index < -0.39 is 0 Å². The van der Waals surface area contributed by atoms with Crippen LogP contribution in [0, 0.1) is 13.8 Å². The number of hydrogen-bond acceptors (Lipinski definition) is 2. The van der Waals surface area contributed by atoms with Crippen molar-refractivity contribution >= 4 is 0 Å². The minimum absolute atomic E-state index is 0.231. The summed E-state index contributed by atoms with van der Waals surface area (Å²) in [6.07, 6.45) is 7.59. The SMILES string of the molecule is Cc1ccccc1C1(N[C@H](C)CCn2ccnc2C)CC1. The van der Waals surface area contributed by atoms with Crippen molar-refractivity contribution in [2.45, 2.75) is 58.2 Å². The molecule has 1 atom stereocenters. The molecule has 1 saturated carbocycles. The van der Waals surface area contributed by atoms with Gasteiger partial charge in [0, 0.05) is 30.5 Å². The third-order valence-corrected chi connectivity index (χ3v) is 4.66. The van der Waals surface area contributed by atoms with Crippen LogP contribution in [0.5, 0.6) is 0 Å². The lowest BCUT2D eigenvalue weighted by molar-refractivity contribution is 0.400. The Hall–Kier alpha value is -1.61. The molecule has 1 aromatic heterocycles. The molecule has 0 unspecified atom stereocenters. The number of aryl methyl sites for hydroxylation is 3. The molecule has 0 spiro atoms. The second-order valence-electron chi connectivity index (χ2n) is 6.40. The molecule has 1 heterocycles. The van der Waals surface area contributed by atoms with Gasteiger partial charge in [0.2, 0.25) is 0 Å². The summed E-state index contributed by atoms with van der Waals surface area (Å²) < 4.78 is 2.23. The molecule has 21 heavy (non-hydrogen) atoms. The largest absolute Gasteiger partial charge is 0.335 e. The molecule has 0 aliphatic heterocycles. The maximum atomic E-state index is 4.28. The number of imidazole rings is 1. The molecule has 1 N–H and O–H groups in total. The molecular formula is C18H25N3. The average molecular weight is 283 g/mol. The molecule has 3 heteroatoms. The Balaban J connectivity index is 1.61. The molecule has 112 valence electrons. The van der Waals surface area contributed by atoms with Crippen molar-refractivity contribution in [3.05, 3.63) is 53.6 Å². The molecule has 1 aliphatic carbocycles. The Morgan fingerprint density at radius 1 is 1.29 bits per heavy atom. The van der Waals surface area contributed by atoms with E-state index in [0.717, 1.165) is 18.8 Å². The molecule has 3 rings (SSSR count). The predicted octanol–water partition coefficient (Wildman–Crippen LogP) is 3.56. The summed E-state index contributed by atoms with van der Waals surface area (Å²) in [5.74, 6) is 1.10. The first kappa shape index (κ1) is 14.3. The Labute approximate surface area is 127 Å². The average Bonchev–Trinajstić information content (AvgIpc) is 3.11. The third-order valence-electron chi connectivity index (χ3n) is 4.66. The van der Waals surface area contributed by atoms with E-state index in [-0.39, 0.29) is 5.54 Å². The highest BCUT2D eigenvalue weighted by Gasteiger charge is 2.45. The van der Waals surface area contributed by atoms with Crippen LogP contribution in [0.4, 0.5) is 0 Å². The lowest BCUT2D eigenvalue weighted by Gasteiger charge is -2.25. The van der Waals surface area contributed by atoms with Gasteiger partial charge in [-0.2, -0.15) is 0 Å². The third kappa shape index (κ3) is 3.03. The van der Waals surface area contributed by atoms with Crippen LogP contribution in [0.1, 0.15) is 43.1 Å². The molecule has 0 saturated heterocycles. The van der Waals surface area contributed by atoms with Gasteiger partial charge in [-0.05, 0) is 51.2 Å². The molecule has 3 nitrogen and oxygen atoms in total. The van der Waals surface area contributed by atoms with E-state index >= 15 is 0 Å². The van der Waals surface area contributed by atoms with Gasteiger partial charge in [0.15, 0.2) is 0 Å². The molecule has 1 aliphatic rings. The fraction of sp³-hybridized carbons (Fsp3) is 0.500. The van der Waals surface area contributed by atoms with Gasteiger partial charge in [-0.15, -0.1) is 0 Å². The highest BCUT2D eigenvalue weighted by molar-refractivity contribution is 5.37.